The van der Waals surface area contributed by atoms with Gasteiger partial charge in [-0.1, -0.05) is 30.3 Å². The average molecular weight is 495 g/mol. The molecular formula is C26H26N2O6S. The van der Waals surface area contributed by atoms with Crippen molar-refractivity contribution in [3.63, 3.8) is 0 Å². The van der Waals surface area contributed by atoms with E-state index in [9.17, 15) is 13.2 Å². The molecule has 0 spiro atoms. The van der Waals surface area contributed by atoms with E-state index < -0.39 is 21.5 Å². The van der Waals surface area contributed by atoms with Crippen molar-refractivity contribution >= 4 is 21.6 Å². The summed E-state index contributed by atoms with van der Waals surface area (Å²) < 4.78 is 38.1. The molecule has 1 aliphatic carbocycles. The van der Waals surface area contributed by atoms with Crippen LogP contribution in [0.25, 0.3) is 11.1 Å². The zero-order valence-corrected chi connectivity index (χ0v) is 20.0. The van der Waals surface area contributed by atoms with Crippen molar-refractivity contribution in [1.29, 1.82) is 0 Å². The molecule has 1 saturated carbocycles. The molecule has 182 valence electrons. The lowest BCUT2D eigenvalue weighted by Gasteiger charge is -2.17. The molecule has 35 heavy (non-hydrogen) atoms. The normalized spacial score (nSPS) is 16.5. The van der Waals surface area contributed by atoms with Crippen molar-refractivity contribution in [1.82, 2.24) is 4.72 Å². The second-order valence-electron chi connectivity index (χ2n) is 8.91. The molecule has 0 radical (unpaired) electrons. The van der Waals surface area contributed by atoms with Crippen LogP contribution in [0.3, 0.4) is 0 Å². The van der Waals surface area contributed by atoms with Gasteiger partial charge in [-0.3, -0.25) is 4.79 Å². The second-order valence-corrected chi connectivity index (χ2v) is 10.6. The maximum Gasteiger partial charge on any atom is 0.240 e. The minimum Gasteiger partial charge on any atom is -0.454 e. The molecule has 3 N–H and O–H groups in total. The van der Waals surface area contributed by atoms with Gasteiger partial charge in [0.1, 0.15) is 0 Å². The van der Waals surface area contributed by atoms with Crippen LogP contribution in [0.1, 0.15) is 25.3 Å². The predicted octanol–water partition coefficient (Wildman–Crippen LogP) is 3.41. The van der Waals surface area contributed by atoms with Gasteiger partial charge in [-0.2, -0.15) is 0 Å². The third-order valence-corrected chi connectivity index (χ3v) is 7.96. The lowest BCUT2D eigenvalue weighted by atomic mass is 9.94. The molecular weight excluding hydrogens is 468 g/mol. The first-order chi connectivity index (χ1) is 16.8. The third kappa shape index (κ3) is 4.62. The number of ether oxygens (including phenoxy) is 2. The van der Waals surface area contributed by atoms with Crippen molar-refractivity contribution in [2.24, 2.45) is 0 Å². The molecule has 1 aliphatic heterocycles. The number of rotatable bonds is 8. The van der Waals surface area contributed by atoms with E-state index >= 15 is 0 Å². The number of nitrogens with one attached hydrogen (secondary N) is 2. The molecule has 2 aliphatic rings. The standard InChI is InChI=1S/C26H26N2O6S/c1-17(15-29)28-35(31,32)22-8-5-18(6-9-22)19-3-2-4-21(13-19)27-25(30)26(11-12-26)20-7-10-23-24(14-20)34-16-33-23/h2-10,13-14,17,28-29H,11-12,15-16H2,1H3,(H,27,30). The van der Waals surface area contributed by atoms with Crippen molar-refractivity contribution < 1.29 is 27.8 Å². The Morgan fingerprint density at radius 2 is 1.74 bits per heavy atom. The van der Waals surface area contributed by atoms with Crippen molar-refractivity contribution in [3.05, 3.63) is 72.3 Å². The van der Waals surface area contributed by atoms with Crippen LogP contribution in [-0.4, -0.2) is 38.9 Å². The van der Waals surface area contributed by atoms with E-state index in [4.69, 9.17) is 14.6 Å². The highest BCUT2D eigenvalue weighted by atomic mass is 32.2. The minimum atomic E-state index is -3.72. The Kier molecular flexibility index (Phi) is 6.00. The number of hydrogen-bond acceptors (Lipinski definition) is 6. The van der Waals surface area contributed by atoms with E-state index in [1.54, 1.807) is 19.1 Å². The molecule has 8 nitrogen and oxygen atoms in total. The van der Waals surface area contributed by atoms with Crippen LogP contribution in [-0.2, 0) is 20.2 Å². The van der Waals surface area contributed by atoms with Crippen molar-refractivity contribution in [2.45, 2.75) is 36.1 Å². The number of aliphatic hydroxyl groups excluding tert-OH is 1. The number of fused-ring (bicyclic) bond motifs is 1. The molecule has 0 bridgehead atoms. The number of anilines is 1. The second kappa shape index (κ2) is 8.99. The third-order valence-electron chi connectivity index (χ3n) is 6.36. The van der Waals surface area contributed by atoms with Gasteiger partial charge in [0.2, 0.25) is 22.7 Å². The van der Waals surface area contributed by atoms with E-state index in [0.29, 0.717) is 17.2 Å². The first-order valence-corrected chi connectivity index (χ1v) is 12.8. The van der Waals surface area contributed by atoms with Gasteiger partial charge in [-0.05, 0) is 72.9 Å². The van der Waals surface area contributed by atoms with Gasteiger partial charge in [0.25, 0.3) is 0 Å². The number of sulfonamides is 1. The molecule has 1 atom stereocenters. The smallest absolute Gasteiger partial charge is 0.240 e. The summed E-state index contributed by atoms with van der Waals surface area (Å²) in [5, 5.41) is 12.2. The highest BCUT2D eigenvalue weighted by molar-refractivity contribution is 7.89. The quantitative estimate of drug-likeness (QED) is 0.442. The Labute approximate surface area is 203 Å². The molecule has 9 heteroatoms. The molecule has 0 aromatic heterocycles. The fourth-order valence-corrected chi connectivity index (χ4v) is 5.42. The summed E-state index contributed by atoms with van der Waals surface area (Å²) in [6.07, 6.45) is 1.52. The molecule has 3 aromatic carbocycles. The van der Waals surface area contributed by atoms with Crippen LogP contribution in [0.2, 0.25) is 0 Å². The van der Waals surface area contributed by atoms with Gasteiger partial charge in [0.05, 0.1) is 16.9 Å². The average Bonchev–Trinajstić information content (AvgIpc) is 3.55. The summed E-state index contributed by atoms with van der Waals surface area (Å²) in [5.74, 6) is 1.28. The van der Waals surface area contributed by atoms with E-state index in [0.717, 1.165) is 29.5 Å². The minimum absolute atomic E-state index is 0.0703. The number of amides is 1. The first-order valence-electron chi connectivity index (χ1n) is 11.4. The van der Waals surface area contributed by atoms with Crippen LogP contribution in [0.5, 0.6) is 11.5 Å². The van der Waals surface area contributed by atoms with Crippen LogP contribution >= 0.6 is 0 Å². The summed E-state index contributed by atoms with van der Waals surface area (Å²) in [5.41, 5.74) is 2.65. The molecule has 3 aromatic rings. The monoisotopic (exact) mass is 494 g/mol. The van der Waals surface area contributed by atoms with Gasteiger partial charge >= 0.3 is 0 Å². The molecule has 5 rings (SSSR count). The summed E-state index contributed by atoms with van der Waals surface area (Å²) in [6.45, 7) is 1.49. The summed E-state index contributed by atoms with van der Waals surface area (Å²) in [7, 11) is -3.72. The highest BCUT2D eigenvalue weighted by Crippen LogP contribution is 2.51. The number of carbonyl (C=O) groups excluding carboxylic acids is 1. The van der Waals surface area contributed by atoms with E-state index in [1.165, 1.54) is 12.1 Å². The molecule has 1 heterocycles. The Balaban J connectivity index is 1.32. The van der Waals surface area contributed by atoms with Gasteiger partial charge in [0, 0.05) is 11.7 Å². The van der Waals surface area contributed by atoms with Crippen LogP contribution in [0, 0.1) is 0 Å². The number of aliphatic hydroxyl groups is 1. The number of benzene rings is 3. The zero-order valence-electron chi connectivity index (χ0n) is 19.2. The Bertz CT molecular complexity index is 1370. The van der Waals surface area contributed by atoms with Crippen molar-refractivity contribution in [3.8, 4) is 22.6 Å². The number of hydrogen-bond donors (Lipinski definition) is 3. The summed E-state index contributed by atoms with van der Waals surface area (Å²) >= 11 is 0. The predicted molar refractivity (Wildman–Crippen MR) is 131 cm³/mol. The van der Waals surface area contributed by atoms with Gasteiger partial charge in [0.15, 0.2) is 11.5 Å². The van der Waals surface area contributed by atoms with E-state index in [2.05, 4.69) is 10.0 Å². The SMILES string of the molecule is CC(CO)NS(=O)(=O)c1ccc(-c2cccc(NC(=O)C3(c4ccc5c(c4)OCO5)CC3)c2)cc1. The van der Waals surface area contributed by atoms with Crippen LogP contribution in [0.15, 0.2) is 71.6 Å². The highest BCUT2D eigenvalue weighted by Gasteiger charge is 2.51. The van der Waals surface area contributed by atoms with Crippen LogP contribution < -0.4 is 19.5 Å². The topological polar surface area (TPSA) is 114 Å². The van der Waals surface area contributed by atoms with E-state index in [1.807, 2.05) is 42.5 Å². The molecule has 1 unspecified atom stereocenters. The Morgan fingerprint density at radius 3 is 2.46 bits per heavy atom. The first kappa shape index (κ1) is 23.3. The lowest BCUT2D eigenvalue weighted by molar-refractivity contribution is -0.118. The lowest BCUT2D eigenvalue weighted by Crippen LogP contribution is -2.34. The zero-order chi connectivity index (χ0) is 24.6. The Hall–Kier alpha value is -3.40. The fraction of sp³-hybridized carbons (Fsp3) is 0.269. The largest absolute Gasteiger partial charge is 0.454 e. The maximum absolute atomic E-state index is 13.2. The molecule has 1 fully saturated rings. The molecule has 0 saturated heterocycles. The Morgan fingerprint density at radius 1 is 1.00 bits per heavy atom. The summed E-state index contributed by atoms with van der Waals surface area (Å²) in [4.78, 5) is 13.4. The van der Waals surface area contributed by atoms with Gasteiger partial charge in [-0.15, -0.1) is 0 Å². The van der Waals surface area contributed by atoms with Crippen LogP contribution in [0.4, 0.5) is 5.69 Å². The van der Waals surface area contributed by atoms with Crippen molar-refractivity contribution in [2.75, 3.05) is 18.7 Å². The maximum atomic E-state index is 13.2. The van der Waals surface area contributed by atoms with E-state index in [-0.39, 0.29) is 24.2 Å². The number of carbonyl (C=O) groups is 1. The van der Waals surface area contributed by atoms with Gasteiger partial charge in [-0.25, -0.2) is 13.1 Å². The van der Waals surface area contributed by atoms with Gasteiger partial charge < -0.3 is 19.9 Å². The molecule has 1 amide bonds. The summed E-state index contributed by atoms with van der Waals surface area (Å²) in [6, 6.07) is 19.0. The fourth-order valence-electron chi connectivity index (χ4n) is 4.19.